The van der Waals surface area contributed by atoms with Gasteiger partial charge in [-0.25, -0.2) is 0 Å². The van der Waals surface area contributed by atoms with E-state index in [-0.39, 0.29) is 106 Å². The van der Waals surface area contributed by atoms with E-state index < -0.39 is 15.3 Å². The Morgan fingerprint density at radius 2 is 1.24 bits per heavy atom. The van der Waals surface area contributed by atoms with Crippen molar-refractivity contribution in [1.29, 1.82) is 0 Å². The molecule has 2 unspecified atom stereocenters. The monoisotopic (exact) mass is 1160 g/mol. The van der Waals surface area contributed by atoms with Crippen molar-refractivity contribution in [2.45, 2.75) is 73.7 Å². The van der Waals surface area contributed by atoms with Crippen LogP contribution in [0.5, 0.6) is 0 Å². The molecular weight excluding hydrogens is 1120 g/mol. The maximum Gasteiger partial charge on any atom is 1.00 e. The Labute approximate surface area is 434 Å². The molecule has 2 saturated heterocycles. The van der Waals surface area contributed by atoms with Crippen LogP contribution >= 0.6 is 110 Å². The normalized spacial score (nSPS) is 16.6. The number of rotatable bonds is 4. The van der Waals surface area contributed by atoms with Crippen LogP contribution in [-0.4, -0.2) is 61.3 Å². The van der Waals surface area contributed by atoms with Gasteiger partial charge < -0.3 is 18.1 Å². The molecule has 0 bridgehead atoms. The summed E-state index contributed by atoms with van der Waals surface area (Å²) in [6, 6.07) is 15.7. The van der Waals surface area contributed by atoms with E-state index in [1.54, 1.807) is 24.8 Å². The van der Waals surface area contributed by atoms with Crippen LogP contribution in [-0.2, 0) is 31.1 Å². The van der Waals surface area contributed by atoms with Gasteiger partial charge in [-0.2, -0.15) is 0 Å². The first-order valence-corrected chi connectivity index (χ1v) is 21.4. The van der Waals surface area contributed by atoms with Gasteiger partial charge in [0.1, 0.15) is 6.04 Å². The van der Waals surface area contributed by atoms with E-state index in [2.05, 4.69) is 74.4 Å². The molecule has 11 nitrogen and oxygen atoms in total. The number of fused-ring (bicyclic) bond motifs is 1. The molecule has 4 N–H and O–H groups in total. The molecule has 2 atom stereocenters. The number of ketones is 2. The number of imide groups is 2. The number of nitrogens with one attached hydrogen (secondary N) is 2. The van der Waals surface area contributed by atoms with Gasteiger partial charge >= 0.3 is 51.4 Å². The number of carbonyl (C=O) groups is 7. The molecule has 20 heteroatoms. The van der Waals surface area contributed by atoms with Gasteiger partial charge in [-0.05, 0) is 98.8 Å². The van der Waals surface area contributed by atoms with Crippen molar-refractivity contribution in [3.63, 3.8) is 0 Å². The number of nitrogens with two attached hydrogens (primary N) is 1. The average Bonchev–Trinajstić information content (AvgIpc) is 3.40. The van der Waals surface area contributed by atoms with Crippen molar-refractivity contribution in [3.8, 4) is 0 Å². The molecule has 3 aliphatic heterocycles. The predicted octanol–water partition coefficient (Wildman–Crippen LogP) is 6.47. The van der Waals surface area contributed by atoms with Crippen molar-refractivity contribution in [2.75, 3.05) is 0 Å². The molecule has 310 valence electrons. The molecule has 3 heterocycles. The molecule has 0 spiro atoms. The van der Waals surface area contributed by atoms with Gasteiger partial charge in [0.05, 0.1) is 6.04 Å². The Morgan fingerprint density at radius 1 is 0.776 bits per heavy atom. The molecule has 0 aromatic heterocycles. The number of benzene rings is 3. The second kappa shape index (κ2) is 27.5. The van der Waals surface area contributed by atoms with Gasteiger partial charge in [0, 0.05) is 54.8 Å². The van der Waals surface area contributed by atoms with E-state index in [0.29, 0.717) is 36.7 Å². The van der Waals surface area contributed by atoms with Crippen LogP contribution in [0.1, 0.15) is 87.3 Å². The van der Waals surface area contributed by atoms with Gasteiger partial charge in [0.15, 0.2) is 11.6 Å². The summed E-state index contributed by atoms with van der Waals surface area (Å²) in [6.07, 6.45) is 1.52. The summed E-state index contributed by atoms with van der Waals surface area (Å²) >= 11 is 32.7. The summed E-state index contributed by atoms with van der Waals surface area (Å²) in [6.45, 7) is 5.51. The Hall–Kier alpha value is -0.574. The van der Waals surface area contributed by atoms with Crippen LogP contribution in [0.25, 0.3) is 0 Å². The fraction of sp³-hybridized carbons (Fsp3) is 0.316. The number of nitrogens with zero attached hydrogens (tertiary/aromatic N) is 1. The zero-order chi connectivity index (χ0) is 42.5. The van der Waals surface area contributed by atoms with E-state index in [0.717, 1.165) is 41.2 Å². The zero-order valence-corrected chi connectivity index (χ0v) is 44.5. The molecule has 6 rings (SSSR count). The van der Waals surface area contributed by atoms with Crippen molar-refractivity contribution in [1.82, 2.24) is 15.5 Å². The summed E-state index contributed by atoms with van der Waals surface area (Å²) in [4.78, 5) is 79.8. The summed E-state index contributed by atoms with van der Waals surface area (Å²) in [5.41, 5.74) is 10.4. The maximum absolute atomic E-state index is 12.3. The number of Topliss-reactive ketones (excluding diaryl/α,β-unsaturated/α-hetero) is 2. The minimum absolute atomic E-state index is 0. The number of aryl methyl sites for hydroxylation is 1. The Kier molecular flexibility index (Phi) is 27.2. The first-order valence-electron chi connectivity index (χ1n) is 16.4. The number of carbonyl (C=O) groups excluding carboxylic acids is 7. The maximum atomic E-state index is 12.3. The summed E-state index contributed by atoms with van der Waals surface area (Å²) < 4.78 is 1.31. The van der Waals surface area contributed by atoms with Crippen LogP contribution < -0.4 is 67.8 Å². The molecule has 3 aromatic carbocycles. The summed E-state index contributed by atoms with van der Waals surface area (Å²) in [7, 11) is 0. The topological polar surface area (TPSA) is 173 Å². The van der Waals surface area contributed by atoms with E-state index >= 15 is 0 Å². The minimum Gasteiger partial charge on any atom is -0.358 e. The van der Waals surface area contributed by atoms with Gasteiger partial charge in [0.2, 0.25) is 23.6 Å². The van der Waals surface area contributed by atoms with Gasteiger partial charge in [-0.3, -0.25) is 44.2 Å². The molecule has 0 radical (unpaired) electrons. The number of piperidine rings is 2. The largest absolute Gasteiger partial charge is 1.00 e. The van der Waals surface area contributed by atoms with Crippen molar-refractivity contribution in [3.05, 3.63) is 109 Å². The number of alkyl halides is 5. The molecule has 2 fully saturated rings. The number of amides is 5. The molecule has 3 aromatic rings. The summed E-state index contributed by atoms with van der Waals surface area (Å²) in [5, 5.41) is 5.12. The van der Waals surface area contributed by atoms with Crippen LogP contribution in [0, 0.1) is 14.4 Å². The number of hydrogen-bond acceptors (Lipinski definition) is 8. The Bertz CT molecular complexity index is 1980. The molecule has 3 aliphatic rings. The zero-order valence-electron chi connectivity index (χ0n) is 32.0. The Balaban J connectivity index is 0.000000737. The second-order valence-corrected chi connectivity index (χ2v) is 18.9. The van der Waals surface area contributed by atoms with Crippen LogP contribution in [0.15, 0.2) is 68.0 Å². The van der Waals surface area contributed by atoms with E-state index in [1.807, 2.05) is 55.5 Å². The van der Waals surface area contributed by atoms with E-state index in [9.17, 15) is 33.6 Å². The number of halogens is 8. The van der Waals surface area contributed by atoms with Crippen molar-refractivity contribution >= 4 is 151 Å². The molecule has 0 aliphatic carbocycles. The number of hydrogen-bond donors (Lipinski definition) is 3. The Morgan fingerprint density at radius 3 is 1.71 bits per heavy atom. The second-order valence-electron chi connectivity index (χ2n) is 12.2. The minimum atomic E-state index is -1.61. The van der Waals surface area contributed by atoms with Gasteiger partial charge in [0.25, 0.3) is 9.16 Å². The fourth-order valence-electron chi connectivity index (χ4n) is 5.29. The quantitative estimate of drug-likeness (QED) is 0.0877. The summed E-state index contributed by atoms with van der Waals surface area (Å²) in [5.74, 6) is -1.14. The molecule has 5 amide bonds. The SMILES string of the molecule is CC(=O)c1ccc(Br)cc1C.CC(=O)c1ccc(Br)cc1CBr.ClC(Cl)(Cl)Cl.NC1CCC(=O)NC1=O.O=C1CCC(N2Cc3cc(Br)ccc3C2=O)C(=O)N1.[CH3-].[K+]. The van der Waals surface area contributed by atoms with Crippen LogP contribution in [0.3, 0.4) is 0 Å². The third-order valence-corrected chi connectivity index (χ3v) is 10.0. The molecular formula is C38H39Br4Cl4KN4O7. The average molecular weight is 1160 g/mol. The predicted molar refractivity (Wildman–Crippen MR) is 239 cm³/mol. The fourth-order valence-corrected chi connectivity index (χ4v) is 7.05. The molecule has 0 saturated carbocycles. The van der Waals surface area contributed by atoms with Crippen LogP contribution in [0.2, 0.25) is 0 Å². The smallest absolute Gasteiger partial charge is 0.358 e. The van der Waals surface area contributed by atoms with Gasteiger partial charge in [-0.15, -0.1) is 0 Å². The third kappa shape index (κ3) is 20.1. The first-order chi connectivity index (χ1) is 26.0. The molecule has 58 heavy (non-hydrogen) atoms. The van der Waals surface area contributed by atoms with Crippen molar-refractivity contribution in [2.24, 2.45) is 5.73 Å². The van der Waals surface area contributed by atoms with Gasteiger partial charge in [-0.1, -0.05) is 116 Å². The van der Waals surface area contributed by atoms with E-state index in [1.165, 1.54) is 0 Å². The van der Waals surface area contributed by atoms with E-state index in [4.69, 9.17) is 52.1 Å². The first kappa shape index (κ1) is 57.4. The van der Waals surface area contributed by atoms with Crippen LogP contribution in [0.4, 0.5) is 0 Å². The van der Waals surface area contributed by atoms with Crippen molar-refractivity contribution < 1.29 is 84.9 Å². The standard InChI is InChI=1S/C13H11BrN2O3.C9H8Br2O.C9H9BrO.C5H8N2O2.CCl4.CH3.K/c14-8-1-2-9-7(5-8)6-16(13(9)19)10-3-4-11(17)15-12(10)18;1-6(12)9-3-2-8(11)4-7(9)5-10;1-6-5-8(10)3-4-9(6)7(2)11;6-3-1-2-4(8)7-5(3)9;2-1(3,4)5;;/h1-2,5,10H,3-4,6H2,(H,15,17,18);2-4H,5H2,1H3;3-5H,1-2H3;3H,1-2,6H2,(H,7,8,9);;1H3;/q;;;;;-1;+1. The third-order valence-electron chi connectivity index (χ3n) is 7.93.